The van der Waals surface area contributed by atoms with Crippen LogP contribution < -0.4 is 0 Å². The molecule has 19 heavy (non-hydrogen) atoms. The van der Waals surface area contributed by atoms with Gasteiger partial charge in [-0.2, -0.15) is 11.8 Å². The first-order valence-electron chi connectivity index (χ1n) is 7.17. The molecule has 3 unspecified atom stereocenters. The van der Waals surface area contributed by atoms with Crippen molar-refractivity contribution in [1.82, 2.24) is 4.90 Å². The standard InChI is InChI=1S/C16H25NOS/c1-12-6-4-5-7-15(12)16(18)8-9-17-10-13(2)19-14(3)11-17/h4-7,13-14,16,18H,8-11H2,1-3H3. The number of hydrogen-bond donors (Lipinski definition) is 1. The molecular formula is C16H25NOS. The van der Waals surface area contributed by atoms with Crippen LogP contribution in [-0.4, -0.2) is 40.1 Å². The topological polar surface area (TPSA) is 23.5 Å². The smallest absolute Gasteiger partial charge is 0.0804 e. The molecule has 1 fully saturated rings. The van der Waals surface area contributed by atoms with E-state index in [-0.39, 0.29) is 6.10 Å². The molecule has 1 aliphatic rings. The first-order valence-corrected chi connectivity index (χ1v) is 8.12. The molecule has 106 valence electrons. The Morgan fingerprint density at radius 1 is 1.26 bits per heavy atom. The summed E-state index contributed by atoms with van der Waals surface area (Å²) in [5.74, 6) is 0. The van der Waals surface area contributed by atoms with Crippen molar-refractivity contribution in [2.24, 2.45) is 0 Å². The first kappa shape index (κ1) is 14.9. The summed E-state index contributed by atoms with van der Waals surface area (Å²) in [5.41, 5.74) is 2.26. The number of benzene rings is 1. The zero-order chi connectivity index (χ0) is 13.8. The maximum Gasteiger partial charge on any atom is 0.0804 e. The molecule has 0 amide bonds. The number of nitrogens with zero attached hydrogens (tertiary/aromatic N) is 1. The van der Waals surface area contributed by atoms with Crippen molar-refractivity contribution in [3.05, 3.63) is 35.4 Å². The number of aryl methyl sites for hydroxylation is 1. The lowest BCUT2D eigenvalue weighted by Gasteiger charge is -2.35. The molecule has 0 radical (unpaired) electrons. The largest absolute Gasteiger partial charge is 0.388 e. The van der Waals surface area contributed by atoms with Crippen LogP contribution >= 0.6 is 11.8 Å². The molecule has 0 aliphatic carbocycles. The minimum Gasteiger partial charge on any atom is -0.388 e. The molecule has 3 atom stereocenters. The molecule has 0 bridgehead atoms. The van der Waals surface area contributed by atoms with Crippen molar-refractivity contribution in [3.8, 4) is 0 Å². The van der Waals surface area contributed by atoms with E-state index in [1.165, 1.54) is 5.56 Å². The minimum atomic E-state index is -0.332. The molecule has 2 rings (SSSR count). The van der Waals surface area contributed by atoms with Gasteiger partial charge in [-0.3, -0.25) is 0 Å². The van der Waals surface area contributed by atoms with Gasteiger partial charge in [0.15, 0.2) is 0 Å². The van der Waals surface area contributed by atoms with E-state index in [0.717, 1.165) is 31.6 Å². The van der Waals surface area contributed by atoms with Crippen molar-refractivity contribution in [2.45, 2.75) is 43.8 Å². The third kappa shape index (κ3) is 4.23. The molecule has 3 heteroatoms. The average Bonchev–Trinajstić information content (AvgIpc) is 2.35. The predicted octanol–water partition coefficient (Wildman–Crippen LogP) is 3.24. The summed E-state index contributed by atoms with van der Waals surface area (Å²) >= 11 is 2.07. The highest BCUT2D eigenvalue weighted by molar-refractivity contribution is 8.00. The van der Waals surface area contributed by atoms with Crippen LogP contribution in [-0.2, 0) is 0 Å². The van der Waals surface area contributed by atoms with Gasteiger partial charge in [-0.25, -0.2) is 0 Å². The van der Waals surface area contributed by atoms with Crippen molar-refractivity contribution in [1.29, 1.82) is 0 Å². The Labute approximate surface area is 121 Å². The van der Waals surface area contributed by atoms with E-state index in [1.54, 1.807) is 0 Å². The number of aliphatic hydroxyl groups is 1. The van der Waals surface area contributed by atoms with E-state index in [2.05, 4.69) is 43.5 Å². The Hall–Kier alpha value is -0.510. The van der Waals surface area contributed by atoms with E-state index < -0.39 is 0 Å². The molecule has 1 aliphatic heterocycles. The van der Waals surface area contributed by atoms with Gasteiger partial charge >= 0.3 is 0 Å². The van der Waals surface area contributed by atoms with Crippen LogP contribution in [0.4, 0.5) is 0 Å². The molecule has 1 heterocycles. The molecule has 0 saturated carbocycles. The van der Waals surface area contributed by atoms with Gasteiger partial charge < -0.3 is 10.0 Å². The summed E-state index contributed by atoms with van der Waals surface area (Å²) in [6, 6.07) is 8.14. The van der Waals surface area contributed by atoms with Crippen LogP contribution in [0.15, 0.2) is 24.3 Å². The monoisotopic (exact) mass is 279 g/mol. The second-order valence-corrected chi connectivity index (χ2v) is 7.56. The molecule has 1 saturated heterocycles. The van der Waals surface area contributed by atoms with Gasteiger partial charge in [-0.1, -0.05) is 38.1 Å². The fourth-order valence-corrected chi connectivity index (χ4v) is 4.27. The zero-order valence-corrected chi connectivity index (χ0v) is 13.0. The van der Waals surface area contributed by atoms with Crippen molar-refractivity contribution < 1.29 is 5.11 Å². The normalized spacial score (nSPS) is 26.3. The Morgan fingerprint density at radius 2 is 1.89 bits per heavy atom. The summed E-state index contributed by atoms with van der Waals surface area (Å²) in [6.45, 7) is 9.95. The number of aliphatic hydroxyl groups excluding tert-OH is 1. The second kappa shape index (κ2) is 6.78. The highest BCUT2D eigenvalue weighted by atomic mass is 32.2. The molecule has 1 aromatic rings. The molecule has 1 aromatic carbocycles. The van der Waals surface area contributed by atoms with Crippen LogP contribution in [0.2, 0.25) is 0 Å². The molecule has 2 nitrogen and oxygen atoms in total. The Kier molecular flexibility index (Phi) is 5.31. The van der Waals surface area contributed by atoms with Crippen LogP contribution in [0.3, 0.4) is 0 Å². The van der Waals surface area contributed by atoms with Crippen molar-refractivity contribution in [2.75, 3.05) is 19.6 Å². The van der Waals surface area contributed by atoms with E-state index in [9.17, 15) is 5.11 Å². The van der Waals surface area contributed by atoms with Gasteiger partial charge in [-0.15, -0.1) is 0 Å². The molecule has 1 N–H and O–H groups in total. The van der Waals surface area contributed by atoms with Crippen LogP contribution in [0.1, 0.15) is 37.5 Å². The number of hydrogen-bond acceptors (Lipinski definition) is 3. The maximum absolute atomic E-state index is 10.3. The second-order valence-electron chi connectivity index (χ2n) is 5.68. The SMILES string of the molecule is Cc1ccccc1C(O)CCN1CC(C)SC(C)C1. The summed E-state index contributed by atoms with van der Waals surface area (Å²) in [7, 11) is 0. The van der Waals surface area contributed by atoms with Gasteiger partial charge in [0.2, 0.25) is 0 Å². The van der Waals surface area contributed by atoms with Crippen molar-refractivity contribution >= 4 is 11.8 Å². The quantitative estimate of drug-likeness (QED) is 0.915. The Balaban J connectivity index is 1.87. The van der Waals surface area contributed by atoms with Gasteiger partial charge in [0.25, 0.3) is 0 Å². The first-order chi connectivity index (χ1) is 9.06. The molecular weight excluding hydrogens is 254 g/mol. The van der Waals surface area contributed by atoms with E-state index in [1.807, 2.05) is 18.2 Å². The lowest BCUT2D eigenvalue weighted by Crippen LogP contribution is -2.41. The van der Waals surface area contributed by atoms with Crippen molar-refractivity contribution in [3.63, 3.8) is 0 Å². The van der Waals surface area contributed by atoms with E-state index >= 15 is 0 Å². The third-order valence-electron chi connectivity index (χ3n) is 3.76. The Morgan fingerprint density at radius 3 is 2.53 bits per heavy atom. The fourth-order valence-electron chi connectivity index (χ4n) is 2.89. The highest BCUT2D eigenvalue weighted by Crippen LogP contribution is 2.26. The van der Waals surface area contributed by atoms with Gasteiger partial charge in [0.05, 0.1) is 6.10 Å². The lowest BCUT2D eigenvalue weighted by molar-refractivity contribution is 0.140. The lowest BCUT2D eigenvalue weighted by atomic mass is 10.0. The van der Waals surface area contributed by atoms with Crippen LogP contribution in [0.25, 0.3) is 0 Å². The summed E-state index contributed by atoms with van der Waals surface area (Å²) < 4.78 is 0. The summed E-state index contributed by atoms with van der Waals surface area (Å²) in [5, 5.41) is 11.7. The van der Waals surface area contributed by atoms with Gasteiger partial charge in [0.1, 0.15) is 0 Å². The van der Waals surface area contributed by atoms with Crippen LogP contribution in [0.5, 0.6) is 0 Å². The molecule has 0 spiro atoms. The van der Waals surface area contributed by atoms with Gasteiger partial charge in [0, 0.05) is 30.1 Å². The predicted molar refractivity (Wildman–Crippen MR) is 83.7 cm³/mol. The van der Waals surface area contributed by atoms with E-state index in [4.69, 9.17) is 0 Å². The number of thioether (sulfide) groups is 1. The third-order valence-corrected chi connectivity index (χ3v) is 4.99. The van der Waals surface area contributed by atoms with Gasteiger partial charge in [-0.05, 0) is 24.5 Å². The maximum atomic E-state index is 10.3. The highest BCUT2D eigenvalue weighted by Gasteiger charge is 2.22. The van der Waals surface area contributed by atoms with Crippen LogP contribution in [0, 0.1) is 6.92 Å². The summed E-state index contributed by atoms with van der Waals surface area (Å²) in [4.78, 5) is 2.49. The summed E-state index contributed by atoms with van der Waals surface area (Å²) in [6.07, 6.45) is 0.496. The zero-order valence-electron chi connectivity index (χ0n) is 12.2. The Bertz CT molecular complexity index is 399. The average molecular weight is 279 g/mol. The minimum absolute atomic E-state index is 0.332. The van der Waals surface area contributed by atoms with E-state index in [0.29, 0.717) is 10.5 Å². The molecule has 0 aromatic heterocycles. The number of rotatable bonds is 4. The fraction of sp³-hybridized carbons (Fsp3) is 0.625.